The van der Waals surface area contributed by atoms with Gasteiger partial charge in [0, 0.05) is 39.7 Å². The third kappa shape index (κ3) is 5.02. The van der Waals surface area contributed by atoms with E-state index >= 15 is 0 Å². The van der Waals surface area contributed by atoms with Gasteiger partial charge in [-0.2, -0.15) is 0 Å². The number of thiophene rings is 1. The van der Waals surface area contributed by atoms with Crippen LogP contribution in [0.25, 0.3) is 32.3 Å². The van der Waals surface area contributed by atoms with E-state index in [1.165, 1.54) is 4.90 Å². The number of hydrogen-bond donors (Lipinski definition) is 3. The summed E-state index contributed by atoms with van der Waals surface area (Å²) in [6, 6.07) is 21.7. The third-order valence-corrected chi connectivity index (χ3v) is 7.79. The van der Waals surface area contributed by atoms with Gasteiger partial charge in [-0.15, -0.1) is 11.3 Å². The molecule has 5 aromatic rings. The molecular formula is C28H24N5O3S2-. The van der Waals surface area contributed by atoms with Crippen LogP contribution in [0.1, 0.15) is 11.1 Å². The van der Waals surface area contributed by atoms with E-state index in [1.807, 2.05) is 72.1 Å². The molecule has 0 radical (unpaired) electrons. The third-order valence-electron chi connectivity index (χ3n) is 6.21. The molecule has 0 aliphatic carbocycles. The molecule has 0 saturated heterocycles. The van der Waals surface area contributed by atoms with E-state index < -0.39 is 17.1 Å². The Kier molecular flexibility index (Phi) is 7.21. The normalized spacial score (nSPS) is 11.9. The number of nitrogens with zero attached hydrogens (tertiary/aromatic N) is 2. The van der Waals surface area contributed by atoms with Gasteiger partial charge < -0.3 is 21.8 Å². The molecule has 0 bridgehead atoms. The van der Waals surface area contributed by atoms with Gasteiger partial charge in [0.2, 0.25) is 0 Å². The van der Waals surface area contributed by atoms with Crippen LogP contribution in [-0.4, -0.2) is 19.8 Å². The number of benzene rings is 3. The van der Waals surface area contributed by atoms with E-state index in [0.717, 1.165) is 37.9 Å². The van der Waals surface area contributed by atoms with Gasteiger partial charge in [0.05, 0.1) is 11.4 Å². The van der Waals surface area contributed by atoms with Gasteiger partial charge in [0.1, 0.15) is 5.82 Å². The molecule has 0 fully saturated rings. The van der Waals surface area contributed by atoms with Gasteiger partial charge in [-0.05, 0) is 51.9 Å². The van der Waals surface area contributed by atoms with Gasteiger partial charge in [0.15, 0.2) is 0 Å². The van der Waals surface area contributed by atoms with Gasteiger partial charge in [0.25, 0.3) is 0 Å². The first kappa shape index (κ1) is 25.6. The average molecular weight is 543 g/mol. The number of amides is 2. The predicted octanol–water partition coefficient (Wildman–Crippen LogP) is 5.27. The number of hydrogen-bond acceptors (Lipinski definition) is 7. The molecule has 1 unspecified atom stereocenters. The van der Waals surface area contributed by atoms with Crippen molar-refractivity contribution in [1.29, 1.82) is 0 Å². The summed E-state index contributed by atoms with van der Waals surface area (Å²) in [6.45, 7) is 0.352. The topological polar surface area (TPSA) is 151 Å². The fraction of sp³-hybridized carbons (Fsp3) is 0.0714. The monoisotopic (exact) mass is 542 g/mol. The van der Waals surface area contributed by atoms with Gasteiger partial charge in [-0.25, -0.2) is 9.78 Å². The van der Waals surface area contributed by atoms with Crippen molar-refractivity contribution in [2.75, 3.05) is 10.6 Å². The lowest BCUT2D eigenvalue weighted by Gasteiger charge is -2.21. The lowest BCUT2D eigenvalue weighted by Crippen LogP contribution is -2.31. The molecule has 1 atom stereocenters. The minimum atomic E-state index is -2.18. The number of primary amides is 1. The Morgan fingerprint density at radius 3 is 2.39 bits per heavy atom. The second kappa shape index (κ2) is 10.7. The molecule has 6 N–H and O–H groups in total. The maximum Gasteiger partial charge on any atom is 0.323 e. The van der Waals surface area contributed by atoms with E-state index in [2.05, 4.69) is 4.98 Å². The highest BCUT2D eigenvalue weighted by Crippen LogP contribution is 2.42. The number of urea groups is 1. The van der Waals surface area contributed by atoms with Crippen molar-refractivity contribution >= 4 is 55.7 Å². The van der Waals surface area contributed by atoms with Crippen molar-refractivity contribution in [3.63, 3.8) is 0 Å². The Morgan fingerprint density at radius 1 is 0.947 bits per heavy atom. The fourth-order valence-electron chi connectivity index (χ4n) is 4.47. The van der Waals surface area contributed by atoms with E-state index in [1.54, 1.807) is 23.6 Å². The van der Waals surface area contributed by atoms with Crippen LogP contribution in [0.4, 0.5) is 22.0 Å². The molecule has 3 aromatic carbocycles. The smallest absolute Gasteiger partial charge is 0.323 e. The van der Waals surface area contributed by atoms with E-state index in [9.17, 15) is 13.6 Å². The van der Waals surface area contributed by atoms with Crippen LogP contribution >= 0.6 is 11.3 Å². The minimum absolute atomic E-state index is 0.0553. The van der Waals surface area contributed by atoms with Crippen LogP contribution in [0.3, 0.4) is 0 Å². The van der Waals surface area contributed by atoms with Crippen molar-refractivity contribution in [3.8, 4) is 22.3 Å². The summed E-state index contributed by atoms with van der Waals surface area (Å²) in [7, 11) is 0. The summed E-state index contributed by atoms with van der Waals surface area (Å²) >= 11 is -0.634. The number of fused-ring (bicyclic) bond motifs is 1. The Morgan fingerprint density at radius 2 is 1.68 bits per heavy atom. The molecule has 2 heterocycles. The molecule has 0 aliphatic heterocycles. The number of anilines is 3. The summed E-state index contributed by atoms with van der Waals surface area (Å²) in [5, 5.41) is 2.84. The van der Waals surface area contributed by atoms with Crippen molar-refractivity contribution < 1.29 is 13.6 Å². The Balaban J connectivity index is 1.54. The van der Waals surface area contributed by atoms with Crippen LogP contribution in [0.5, 0.6) is 0 Å². The molecule has 10 heteroatoms. The lowest BCUT2D eigenvalue weighted by molar-refractivity contribution is 0.256. The first-order valence-electron chi connectivity index (χ1n) is 11.7. The minimum Gasteiger partial charge on any atom is -0.772 e. The van der Waals surface area contributed by atoms with Crippen molar-refractivity contribution in [2.24, 2.45) is 11.5 Å². The highest BCUT2D eigenvalue weighted by Gasteiger charge is 2.18. The number of carbonyl (C=O) groups excluding carboxylic acids is 1. The van der Waals surface area contributed by atoms with Gasteiger partial charge >= 0.3 is 6.03 Å². The zero-order chi connectivity index (χ0) is 26.8. The quantitative estimate of drug-likeness (QED) is 0.238. The maximum absolute atomic E-state index is 12.3. The number of nitrogens with two attached hydrogens (primary N) is 3. The molecule has 38 heavy (non-hydrogen) atoms. The average Bonchev–Trinajstić information content (AvgIpc) is 3.35. The van der Waals surface area contributed by atoms with Crippen molar-refractivity contribution in [1.82, 2.24) is 4.98 Å². The first-order valence-corrected chi connectivity index (χ1v) is 13.8. The Bertz CT molecular complexity index is 1670. The Hall–Kier alpha value is -4.09. The zero-order valence-corrected chi connectivity index (χ0v) is 21.8. The standard InChI is InChI=1S/C28H25N5O3S2/c29-13-17-3-2-6-22(12-17)33(28(31)34)21-9-7-19(8-10-21)24-15-37-26-23(14-32-27(30)25(24)26)20-5-1-4-18(11-20)16-38(35)36/h1-12,14-15H,13,16,29H2,(H2,30,32)(H2,31,34)(H,35,36)/p-1. The molecule has 0 aliphatic rings. The highest BCUT2D eigenvalue weighted by molar-refractivity contribution is 7.78. The van der Waals surface area contributed by atoms with Crippen molar-refractivity contribution in [2.45, 2.75) is 12.3 Å². The molecule has 0 saturated carbocycles. The maximum atomic E-state index is 12.3. The number of pyridine rings is 1. The largest absolute Gasteiger partial charge is 0.772 e. The molecule has 5 rings (SSSR count). The SMILES string of the molecule is NCc1cccc(N(C(N)=O)c2ccc(-c3csc4c(-c5cccc(CS(=O)[O-])c5)cnc(N)c34)cc2)c1. The Labute approximate surface area is 226 Å². The second-order valence-electron chi connectivity index (χ2n) is 8.65. The summed E-state index contributed by atoms with van der Waals surface area (Å²) in [6.07, 6.45) is 1.72. The summed E-state index contributed by atoms with van der Waals surface area (Å²) in [4.78, 5) is 18.2. The van der Waals surface area contributed by atoms with Gasteiger partial charge in [-0.3, -0.25) is 9.11 Å². The second-order valence-corrected chi connectivity index (χ2v) is 10.4. The summed E-state index contributed by atoms with van der Waals surface area (Å²) in [5.74, 6) is 0.346. The fourth-order valence-corrected chi connectivity index (χ4v) is 6.04. The van der Waals surface area contributed by atoms with Crippen LogP contribution in [0.15, 0.2) is 84.4 Å². The van der Waals surface area contributed by atoms with Crippen LogP contribution in [0.2, 0.25) is 0 Å². The van der Waals surface area contributed by atoms with Gasteiger partial charge in [-0.1, -0.05) is 59.6 Å². The zero-order valence-electron chi connectivity index (χ0n) is 20.2. The highest BCUT2D eigenvalue weighted by atomic mass is 32.2. The number of carbonyl (C=O) groups is 1. The van der Waals surface area contributed by atoms with E-state index in [-0.39, 0.29) is 5.75 Å². The first-order chi connectivity index (χ1) is 18.4. The van der Waals surface area contributed by atoms with E-state index in [4.69, 9.17) is 17.2 Å². The van der Waals surface area contributed by atoms with Crippen LogP contribution in [0, 0.1) is 0 Å². The lowest BCUT2D eigenvalue weighted by atomic mass is 10.0. The molecule has 2 amide bonds. The molecule has 0 spiro atoms. The van der Waals surface area contributed by atoms with E-state index in [0.29, 0.717) is 29.3 Å². The number of nitrogen functional groups attached to an aromatic ring is 1. The predicted molar refractivity (Wildman–Crippen MR) is 154 cm³/mol. The summed E-state index contributed by atoms with van der Waals surface area (Å²) in [5.41, 5.74) is 24.2. The summed E-state index contributed by atoms with van der Waals surface area (Å²) < 4.78 is 23.3. The molecular weight excluding hydrogens is 518 g/mol. The van der Waals surface area contributed by atoms with Crippen LogP contribution < -0.4 is 22.1 Å². The number of rotatable bonds is 7. The molecule has 8 nitrogen and oxygen atoms in total. The van der Waals surface area contributed by atoms with Crippen LogP contribution in [-0.2, 0) is 23.4 Å². The molecule has 2 aromatic heterocycles. The number of aromatic nitrogens is 1. The molecule has 192 valence electrons. The van der Waals surface area contributed by atoms with Crippen molar-refractivity contribution in [3.05, 3.63) is 95.5 Å².